The van der Waals surface area contributed by atoms with Crippen molar-refractivity contribution < 1.29 is 23.8 Å². The molecule has 0 saturated carbocycles. The molecule has 0 spiro atoms. The summed E-state index contributed by atoms with van der Waals surface area (Å²) in [6, 6.07) is 10.9. The lowest BCUT2D eigenvalue weighted by Gasteiger charge is -2.17. The third-order valence-corrected chi connectivity index (χ3v) is 4.19. The number of benzene rings is 2. The number of fused-ring (bicyclic) bond motifs is 1. The van der Waals surface area contributed by atoms with E-state index in [2.05, 4.69) is 5.32 Å². The fourth-order valence-corrected chi connectivity index (χ4v) is 2.87. The van der Waals surface area contributed by atoms with Crippen molar-refractivity contribution in [3.63, 3.8) is 0 Å². The molecule has 3 rings (SSSR count). The number of carbonyl (C=O) groups is 2. The summed E-state index contributed by atoms with van der Waals surface area (Å²) in [6.45, 7) is 2.34. The van der Waals surface area contributed by atoms with Crippen molar-refractivity contribution in [1.82, 2.24) is 4.90 Å². The number of ketones is 1. The van der Waals surface area contributed by atoms with Crippen molar-refractivity contribution in [2.75, 3.05) is 32.8 Å². The highest BCUT2D eigenvalue weighted by molar-refractivity contribution is 6.05. The van der Waals surface area contributed by atoms with Crippen molar-refractivity contribution in [1.29, 1.82) is 0 Å². The second-order valence-electron chi connectivity index (χ2n) is 6.38. The number of amides is 1. The monoisotopic (exact) mass is 370 g/mol. The van der Waals surface area contributed by atoms with Crippen molar-refractivity contribution in [3.8, 4) is 17.2 Å². The third-order valence-electron chi connectivity index (χ3n) is 4.19. The van der Waals surface area contributed by atoms with Gasteiger partial charge >= 0.3 is 0 Å². The predicted octanol–water partition coefficient (Wildman–Crippen LogP) is 2.70. The Labute approximate surface area is 157 Å². The van der Waals surface area contributed by atoms with Crippen LogP contribution in [0.15, 0.2) is 36.4 Å². The summed E-state index contributed by atoms with van der Waals surface area (Å²) in [7, 11) is 3.48. The molecule has 27 heavy (non-hydrogen) atoms. The summed E-state index contributed by atoms with van der Waals surface area (Å²) in [6.07, 6.45) is 0. The summed E-state index contributed by atoms with van der Waals surface area (Å²) in [5.74, 6) is 1.44. The molecule has 7 heteroatoms. The van der Waals surface area contributed by atoms with Gasteiger partial charge in [0.2, 0.25) is 12.7 Å². The molecule has 0 fully saturated rings. The van der Waals surface area contributed by atoms with Crippen LogP contribution in [0.2, 0.25) is 0 Å². The Kier molecular flexibility index (Phi) is 5.61. The van der Waals surface area contributed by atoms with Crippen LogP contribution in [0.1, 0.15) is 22.8 Å². The van der Waals surface area contributed by atoms with Gasteiger partial charge in [-0.2, -0.15) is 0 Å². The first-order chi connectivity index (χ1) is 13.0. The van der Waals surface area contributed by atoms with Gasteiger partial charge in [-0.1, -0.05) is 12.1 Å². The number of hydrogen-bond acceptors (Lipinski definition) is 6. The molecule has 1 N–H and O–H groups in total. The van der Waals surface area contributed by atoms with Crippen LogP contribution in [0, 0.1) is 0 Å². The molecule has 0 aliphatic carbocycles. The number of methoxy groups -OCH3 is 1. The van der Waals surface area contributed by atoms with E-state index in [4.69, 9.17) is 14.2 Å². The average Bonchev–Trinajstić information content (AvgIpc) is 3.08. The minimum atomic E-state index is -0.215. The fourth-order valence-electron chi connectivity index (χ4n) is 2.87. The number of hydrogen-bond donors (Lipinski definition) is 1. The summed E-state index contributed by atoms with van der Waals surface area (Å²) in [5.41, 5.74) is 1.89. The highest BCUT2D eigenvalue weighted by atomic mass is 16.7. The molecular formula is C20H22N2O5. The van der Waals surface area contributed by atoms with Crippen LogP contribution < -0.4 is 19.5 Å². The normalized spacial score (nSPS) is 12.1. The molecule has 1 heterocycles. The first-order valence-electron chi connectivity index (χ1n) is 8.52. The zero-order valence-corrected chi connectivity index (χ0v) is 15.6. The quantitative estimate of drug-likeness (QED) is 0.755. The average molecular weight is 370 g/mol. The Balaban J connectivity index is 1.64. The van der Waals surface area contributed by atoms with E-state index in [0.717, 1.165) is 11.3 Å². The highest BCUT2D eigenvalue weighted by Gasteiger charge is 2.20. The summed E-state index contributed by atoms with van der Waals surface area (Å²) in [4.78, 5) is 26.2. The minimum absolute atomic E-state index is 0.106. The van der Waals surface area contributed by atoms with Gasteiger partial charge in [0.15, 0.2) is 17.3 Å². The molecular weight excluding hydrogens is 348 g/mol. The second kappa shape index (κ2) is 8.09. The van der Waals surface area contributed by atoms with E-state index >= 15 is 0 Å². The molecule has 0 atom stereocenters. The maximum atomic E-state index is 12.4. The number of nitrogens with one attached hydrogen (secondary N) is 1. The van der Waals surface area contributed by atoms with Crippen molar-refractivity contribution >= 4 is 17.4 Å². The molecule has 7 nitrogen and oxygen atoms in total. The Morgan fingerprint density at radius 3 is 2.44 bits per heavy atom. The molecule has 0 radical (unpaired) electrons. The van der Waals surface area contributed by atoms with Crippen LogP contribution in [0.3, 0.4) is 0 Å². The van der Waals surface area contributed by atoms with Gasteiger partial charge in [-0.05, 0) is 37.7 Å². The molecule has 0 bridgehead atoms. The third kappa shape index (κ3) is 4.57. The molecule has 1 amide bonds. The number of rotatable bonds is 7. The number of carbonyl (C=O) groups excluding carboxylic acids is 2. The Bertz CT molecular complexity index is 848. The van der Waals surface area contributed by atoms with Gasteiger partial charge in [0.25, 0.3) is 0 Å². The maximum Gasteiger partial charge on any atom is 0.238 e. The van der Waals surface area contributed by atoms with Crippen LogP contribution in [0.25, 0.3) is 0 Å². The summed E-state index contributed by atoms with van der Waals surface area (Å²) in [5, 5.41) is 2.80. The standard InChI is InChI=1S/C20H22N2O5/c1-13(23)16-8-18-19(27-12-26-18)9-17(16)21-20(24)11-22(2)10-14-4-6-15(25-3)7-5-14/h4-9H,10-12H2,1-3H3,(H,21,24). The van der Waals surface area contributed by atoms with Crippen molar-refractivity contribution in [2.45, 2.75) is 13.5 Å². The second-order valence-corrected chi connectivity index (χ2v) is 6.38. The van der Waals surface area contributed by atoms with E-state index in [1.165, 1.54) is 6.92 Å². The lowest BCUT2D eigenvalue weighted by molar-refractivity contribution is -0.117. The minimum Gasteiger partial charge on any atom is -0.497 e. The predicted molar refractivity (Wildman–Crippen MR) is 101 cm³/mol. The van der Waals surface area contributed by atoms with Gasteiger partial charge < -0.3 is 19.5 Å². The smallest absolute Gasteiger partial charge is 0.238 e. The largest absolute Gasteiger partial charge is 0.497 e. The molecule has 0 unspecified atom stereocenters. The molecule has 142 valence electrons. The van der Waals surface area contributed by atoms with Crippen LogP contribution >= 0.6 is 0 Å². The van der Waals surface area contributed by atoms with Crippen LogP contribution in [-0.4, -0.2) is 44.1 Å². The van der Waals surface area contributed by atoms with Gasteiger partial charge in [0, 0.05) is 18.2 Å². The van der Waals surface area contributed by atoms with Crippen molar-refractivity contribution in [2.24, 2.45) is 0 Å². The van der Waals surface area contributed by atoms with E-state index < -0.39 is 0 Å². The number of anilines is 1. The van der Waals surface area contributed by atoms with E-state index in [0.29, 0.717) is 29.3 Å². The molecule has 1 aliphatic rings. The molecule has 0 saturated heterocycles. The molecule has 2 aromatic rings. The van der Waals surface area contributed by atoms with E-state index in [1.807, 2.05) is 36.2 Å². The van der Waals surface area contributed by atoms with Crippen LogP contribution in [-0.2, 0) is 11.3 Å². The zero-order valence-electron chi connectivity index (χ0n) is 15.6. The number of nitrogens with zero attached hydrogens (tertiary/aromatic N) is 1. The van der Waals surface area contributed by atoms with Gasteiger partial charge in [0.05, 0.1) is 19.3 Å². The Hall–Kier alpha value is -3.06. The van der Waals surface area contributed by atoms with Crippen LogP contribution in [0.4, 0.5) is 5.69 Å². The van der Waals surface area contributed by atoms with E-state index in [1.54, 1.807) is 19.2 Å². The van der Waals surface area contributed by atoms with Crippen LogP contribution in [0.5, 0.6) is 17.2 Å². The first kappa shape index (κ1) is 18.7. The zero-order chi connectivity index (χ0) is 19.4. The summed E-state index contributed by atoms with van der Waals surface area (Å²) < 4.78 is 15.8. The Morgan fingerprint density at radius 2 is 1.81 bits per heavy atom. The number of likely N-dealkylation sites (N-methyl/N-ethyl adjacent to an activating group) is 1. The topological polar surface area (TPSA) is 77.1 Å². The molecule has 1 aliphatic heterocycles. The van der Waals surface area contributed by atoms with Gasteiger partial charge in [-0.15, -0.1) is 0 Å². The maximum absolute atomic E-state index is 12.4. The lowest BCUT2D eigenvalue weighted by Crippen LogP contribution is -2.30. The van der Waals surface area contributed by atoms with Crippen molar-refractivity contribution in [3.05, 3.63) is 47.5 Å². The van der Waals surface area contributed by atoms with Gasteiger partial charge in [0.1, 0.15) is 5.75 Å². The van der Waals surface area contributed by atoms with Gasteiger partial charge in [-0.25, -0.2) is 0 Å². The summed E-state index contributed by atoms with van der Waals surface area (Å²) >= 11 is 0. The molecule has 0 aromatic heterocycles. The van der Waals surface area contributed by atoms with E-state index in [9.17, 15) is 9.59 Å². The molecule has 2 aromatic carbocycles. The first-order valence-corrected chi connectivity index (χ1v) is 8.52. The Morgan fingerprint density at radius 1 is 1.15 bits per heavy atom. The fraction of sp³-hybridized carbons (Fsp3) is 0.300. The number of Topliss-reactive ketones (excluding diaryl/α,β-unsaturated/α-hetero) is 1. The number of ether oxygens (including phenoxy) is 3. The van der Waals surface area contributed by atoms with Gasteiger partial charge in [-0.3, -0.25) is 14.5 Å². The van der Waals surface area contributed by atoms with E-state index in [-0.39, 0.29) is 25.0 Å². The lowest BCUT2D eigenvalue weighted by atomic mass is 10.1. The SMILES string of the molecule is COc1ccc(CN(C)CC(=O)Nc2cc3c(cc2C(C)=O)OCO3)cc1. The highest BCUT2D eigenvalue weighted by Crippen LogP contribution is 2.37.